The third kappa shape index (κ3) is 8.21. The van der Waals surface area contributed by atoms with E-state index >= 15 is 0 Å². The van der Waals surface area contributed by atoms with Crippen molar-refractivity contribution < 1.29 is 28.7 Å². The second-order valence-electron chi connectivity index (χ2n) is 15.6. The molecular weight excluding hydrogens is 781 g/mol. The molecule has 5 heterocycles. The van der Waals surface area contributed by atoms with E-state index in [9.17, 15) is 19.2 Å². The number of methoxy groups -OCH3 is 2. The number of alkyl carbamates (subject to hydrolysis) is 2. The van der Waals surface area contributed by atoms with Crippen LogP contribution >= 0.6 is 11.3 Å². The molecule has 0 saturated carbocycles. The van der Waals surface area contributed by atoms with E-state index in [0.29, 0.717) is 18.9 Å². The van der Waals surface area contributed by atoms with Gasteiger partial charge >= 0.3 is 12.2 Å². The second-order valence-corrected chi connectivity index (χ2v) is 16.4. The van der Waals surface area contributed by atoms with Crippen molar-refractivity contribution in [2.75, 3.05) is 27.3 Å². The van der Waals surface area contributed by atoms with Crippen LogP contribution in [0.4, 0.5) is 9.59 Å². The summed E-state index contributed by atoms with van der Waals surface area (Å²) in [6, 6.07) is 20.9. The molecule has 4 amide bonds. The molecule has 4 N–H and O–H groups in total. The van der Waals surface area contributed by atoms with Crippen molar-refractivity contribution in [3.05, 3.63) is 107 Å². The van der Waals surface area contributed by atoms with Gasteiger partial charge < -0.3 is 39.9 Å². The lowest BCUT2D eigenvalue weighted by molar-refractivity contribution is -0.135. The molecule has 0 radical (unpaired) electrons. The van der Waals surface area contributed by atoms with Crippen molar-refractivity contribution in [2.24, 2.45) is 5.92 Å². The largest absolute Gasteiger partial charge is 0.453 e. The Labute approximate surface area is 351 Å². The van der Waals surface area contributed by atoms with Gasteiger partial charge in [-0.05, 0) is 93.6 Å². The molecule has 60 heavy (non-hydrogen) atoms. The van der Waals surface area contributed by atoms with Gasteiger partial charge in [0.1, 0.15) is 23.7 Å². The van der Waals surface area contributed by atoms with Crippen molar-refractivity contribution in [3.8, 4) is 33.6 Å². The number of nitrogens with zero attached hydrogens (tertiary/aromatic N) is 4. The topological polar surface area (TPSA) is 175 Å². The molecule has 310 valence electrons. The number of fused-ring (bicyclic) bond motifs is 1. The highest BCUT2D eigenvalue weighted by atomic mass is 32.1. The van der Waals surface area contributed by atoms with Gasteiger partial charge in [-0.25, -0.2) is 19.6 Å². The lowest BCUT2D eigenvalue weighted by Gasteiger charge is -2.30. The van der Waals surface area contributed by atoms with Crippen molar-refractivity contribution >= 4 is 46.1 Å². The fraction of sp³-hybridized carbons (Fsp3) is 0.333. The number of hydrogen-bond donors (Lipinski definition) is 4. The van der Waals surface area contributed by atoms with Crippen LogP contribution in [-0.4, -0.2) is 87.1 Å². The highest BCUT2D eigenvalue weighted by Gasteiger charge is 2.39. The lowest BCUT2D eigenvalue weighted by Crippen LogP contribution is -2.51. The molecule has 2 fully saturated rings. The number of rotatable bonds is 11. The first-order valence-corrected chi connectivity index (χ1v) is 21.1. The molecule has 8 rings (SSSR count). The zero-order chi connectivity index (χ0) is 41.9. The summed E-state index contributed by atoms with van der Waals surface area (Å²) in [4.78, 5) is 71.5. The molecule has 0 aliphatic carbocycles. The maximum Gasteiger partial charge on any atom is 0.407 e. The summed E-state index contributed by atoms with van der Waals surface area (Å²) in [7, 11) is 2.58. The molecule has 3 aromatic heterocycles. The normalized spacial score (nSPS) is 17.5. The zero-order valence-corrected chi connectivity index (χ0v) is 34.8. The molecule has 0 spiro atoms. The molecule has 2 aliphatic rings. The number of amides is 4. The van der Waals surface area contributed by atoms with Gasteiger partial charge in [0.15, 0.2) is 0 Å². The van der Waals surface area contributed by atoms with Crippen molar-refractivity contribution in [1.29, 1.82) is 0 Å². The van der Waals surface area contributed by atoms with Gasteiger partial charge in [-0.1, -0.05) is 62.4 Å². The Morgan fingerprint density at radius 3 is 1.82 bits per heavy atom. The molecule has 0 unspecified atom stereocenters. The molecule has 6 aromatic rings. The predicted molar refractivity (Wildman–Crippen MR) is 229 cm³/mol. The Hall–Kier alpha value is -6.48. The first-order chi connectivity index (χ1) is 29.1. The van der Waals surface area contributed by atoms with E-state index in [0.717, 1.165) is 81.5 Å². The quantitative estimate of drug-likeness (QED) is 0.101. The first-order valence-electron chi connectivity index (χ1n) is 20.2. The monoisotopic (exact) mass is 828 g/mol. The molecule has 3 aromatic carbocycles. The molecular formula is C45H48N8O6S. The summed E-state index contributed by atoms with van der Waals surface area (Å²) in [5.74, 6) is 0.997. The highest BCUT2D eigenvalue weighted by Crippen LogP contribution is 2.36. The SMILES string of the molecule is COC(=O)N[C@H](C(=O)N1CCC[C@H]1c1ncc(-c2ccc3cc(-c4ccc(-c5cnc([C@@H]6CCCN6C(=O)[C@H](NC(=O)OC)c6ccsc6)[nH]5)cc4)ccc3c2)[nH]1)C(C)C. The van der Waals surface area contributed by atoms with E-state index in [1.165, 1.54) is 25.6 Å². The highest BCUT2D eigenvalue weighted by molar-refractivity contribution is 7.08. The van der Waals surface area contributed by atoms with Crippen LogP contribution < -0.4 is 10.6 Å². The number of carbonyl (C=O) groups is 4. The molecule has 2 aliphatic heterocycles. The van der Waals surface area contributed by atoms with Crippen LogP contribution in [0.25, 0.3) is 44.4 Å². The zero-order valence-electron chi connectivity index (χ0n) is 33.9. The van der Waals surface area contributed by atoms with Gasteiger partial charge in [-0.2, -0.15) is 11.3 Å². The third-order valence-electron chi connectivity index (χ3n) is 11.5. The summed E-state index contributed by atoms with van der Waals surface area (Å²) >= 11 is 1.46. The third-order valence-corrected chi connectivity index (χ3v) is 12.2. The Morgan fingerprint density at radius 2 is 1.23 bits per heavy atom. The van der Waals surface area contributed by atoms with Gasteiger partial charge in [0.05, 0.1) is 50.1 Å². The summed E-state index contributed by atoms with van der Waals surface area (Å²) in [5, 5.41) is 11.3. The van der Waals surface area contributed by atoms with Crippen LogP contribution in [0.2, 0.25) is 0 Å². The van der Waals surface area contributed by atoms with Gasteiger partial charge in [0.25, 0.3) is 5.91 Å². The number of benzene rings is 3. The van der Waals surface area contributed by atoms with Crippen molar-refractivity contribution in [2.45, 2.75) is 63.7 Å². The average molecular weight is 829 g/mol. The van der Waals surface area contributed by atoms with Crippen LogP contribution in [-0.2, 0) is 19.1 Å². The number of carbonyl (C=O) groups excluding carboxylic acids is 4. The molecule has 15 heteroatoms. The van der Waals surface area contributed by atoms with Gasteiger partial charge in [0, 0.05) is 18.7 Å². The van der Waals surface area contributed by atoms with E-state index in [1.54, 1.807) is 11.1 Å². The molecule has 2 saturated heterocycles. The van der Waals surface area contributed by atoms with E-state index < -0.39 is 24.3 Å². The molecule has 0 bridgehead atoms. The summed E-state index contributed by atoms with van der Waals surface area (Å²) in [5.41, 5.74) is 6.57. The van der Waals surface area contributed by atoms with Gasteiger partial charge in [-0.15, -0.1) is 0 Å². The Kier molecular flexibility index (Phi) is 11.7. The number of H-pyrrole nitrogens is 2. The maximum atomic E-state index is 13.8. The number of likely N-dealkylation sites (tertiary alicyclic amines) is 2. The van der Waals surface area contributed by atoms with Crippen LogP contribution in [0, 0.1) is 5.92 Å². The van der Waals surface area contributed by atoms with Crippen molar-refractivity contribution in [1.82, 2.24) is 40.4 Å². The smallest absolute Gasteiger partial charge is 0.407 e. The van der Waals surface area contributed by atoms with E-state index in [4.69, 9.17) is 19.4 Å². The first kappa shape index (κ1) is 40.3. The standard InChI is InChI=1S/C45H48N8O6S/c1-26(2)38(50-44(56)58-3)42(54)52-18-5-7-36(52)41-47-24-35(49-41)32-16-15-30-21-29(13-14-31(30)22-32)27-9-11-28(12-10-27)34-23-46-40(48-34)37-8-6-19-53(37)43(55)39(51-45(57)59-4)33-17-20-60-25-33/h9-17,20-26,36-39H,5-8,18-19H2,1-4H3,(H,46,48)(H,47,49)(H,50,56)(H,51,57)/t36-,37-,38-,39+/m0/s1. The van der Waals surface area contributed by atoms with E-state index in [1.807, 2.05) is 41.8 Å². The molecule has 4 atom stereocenters. The van der Waals surface area contributed by atoms with Crippen LogP contribution in [0.15, 0.2) is 89.9 Å². The maximum absolute atomic E-state index is 13.8. The summed E-state index contributed by atoms with van der Waals surface area (Å²) in [6.45, 7) is 4.97. The fourth-order valence-corrected chi connectivity index (χ4v) is 9.00. The predicted octanol–water partition coefficient (Wildman–Crippen LogP) is 8.15. The number of imidazole rings is 2. The number of aromatic amines is 2. The second kappa shape index (κ2) is 17.4. The number of ether oxygens (including phenoxy) is 2. The number of aromatic nitrogens is 4. The minimum Gasteiger partial charge on any atom is -0.453 e. The van der Waals surface area contributed by atoms with Crippen LogP contribution in [0.5, 0.6) is 0 Å². The number of thiophene rings is 1. The van der Waals surface area contributed by atoms with Crippen molar-refractivity contribution in [3.63, 3.8) is 0 Å². The number of nitrogens with one attached hydrogen (secondary N) is 4. The van der Waals surface area contributed by atoms with Gasteiger partial charge in [-0.3, -0.25) is 9.59 Å². The Balaban J connectivity index is 0.941. The van der Waals surface area contributed by atoms with E-state index in [2.05, 4.69) is 81.3 Å². The molecule has 14 nitrogen and oxygen atoms in total. The fourth-order valence-electron chi connectivity index (χ4n) is 8.32. The van der Waals surface area contributed by atoms with Crippen LogP contribution in [0.1, 0.15) is 74.9 Å². The minimum absolute atomic E-state index is 0.107. The average Bonchev–Trinajstić information content (AvgIpc) is 4.13. The summed E-state index contributed by atoms with van der Waals surface area (Å²) in [6.07, 6.45) is 5.56. The Bertz CT molecular complexity index is 2500. The minimum atomic E-state index is -0.843. The Morgan fingerprint density at radius 1 is 0.700 bits per heavy atom. The van der Waals surface area contributed by atoms with Gasteiger partial charge in [0.2, 0.25) is 5.91 Å². The van der Waals surface area contributed by atoms with E-state index in [-0.39, 0.29) is 29.8 Å². The lowest BCUT2D eigenvalue weighted by atomic mass is 9.98. The summed E-state index contributed by atoms with van der Waals surface area (Å²) < 4.78 is 9.58. The number of hydrogen-bond acceptors (Lipinski definition) is 9. The van der Waals surface area contributed by atoms with Crippen LogP contribution in [0.3, 0.4) is 0 Å².